The van der Waals surface area contributed by atoms with Gasteiger partial charge in [-0.05, 0) is 49.0 Å². The summed E-state index contributed by atoms with van der Waals surface area (Å²) < 4.78 is 27.2. The van der Waals surface area contributed by atoms with Crippen molar-refractivity contribution in [3.05, 3.63) is 65.2 Å². The van der Waals surface area contributed by atoms with Crippen LogP contribution in [-0.4, -0.2) is 56.8 Å². The van der Waals surface area contributed by atoms with Gasteiger partial charge in [-0.1, -0.05) is 29.8 Å². The molecule has 28 heavy (non-hydrogen) atoms. The van der Waals surface area contributed by atoms with Crippen LogP contribution in [0.2, 0.25) is 5.02 Å². The van der Waals surface area contributed by atoms with E-state index < -0.39 is 10.0 Å². The van der Waals surface area contributed by atoms with Gasteiger partial charge in [0.15, 0.2) is 0 Å². The first-order valence-corrected chi connectivity index (χ1v) is 10.7. The smallest absolute Gasteiger partial charge is 0.248 e. The number of piperazine rings is 1. The first kappa shape index (κ1) is 20.5. The van der Waals surface area contributed by atoms with Gasteiger partial charge in [0.1, 0.15) is 0 Å². The summed E-state index contributed by atoms with van der Waals surface area (Å²) in [6.07, 6.45) is 3.03. The Hall–Kier alpha value is -2.19. The van der Waals surface area contributed by atoms with Crippen LogP contribution in [0.3, 0.4) is 0 Å². The average Bonchev–Trinajstić information content (AvgIpc) is 2.67. The Morgan fingerprint density at radius 2 is 1.79 bits per heavy atom. The maximum Gasteiger partial charge on any atom is 0.248 e. The largest absolute Gasteiger partial charge is 0.322 e. The third kappa shape index (κ3) is 5.20. The number of carbonyl (C=O) groups is 1. The third-order valence-corrected chi connectivity index (χ3v) is 6.61. The quantitative estimate of drug-likeness (QED) is 0.756. The number of likely N-dealkylation sites (N-methyl/N-ethyl adjacent to an activating group) is 1. The standard InChI is InChI=1S/C20H22ClN3O3S/c1-23-10-12-24(13-11-23)28(26,27)19-7-3-6-18(15-19)22-20(25)9-8-16-4-2-5-17(21)14-16/h2-9,14-15H,10-13H2,1H3,(H,22,25). The Kier molecular flexibility index (Phi) is 6.51. The lowest BCUT2D eigenvalue weighted by atomic mass is 10.2. The highest BCUT2D eigenvalue weighted by Crippen LogP contribution is 2.21. The van der Waals surface area contributed by atoms with E-state index in [9.17, 15) is 13.2 Å². The van der Waals surface area contributed by atoms with E-state index in [-0.39, 0.29) is 10.8 Å². The molecule has 2 aromatic rings. The summed E-state index contributed by atoms with van der Waals surface area (Å²) in [5, 5.41) is 3.29. The molecule has 8 heteroatoms. The maximum atomic E-state index is 12.8. The highest BCUT2D eigenvalue weighted by Gasteiger charge is 2.27. The zero-order valence-electron chi connectivity index (χ0n) is 15.5. The molecular formula is C20H22ClN3O3S. The van der Waals surface area contributed by atoms with E-state index in [0.29, 0.717) is 36.9 Å². The second-order valence-electron chi connectivity index (χ2n) is 6.61. The molecule has 1 heterocycles. The minimum absolute atomic E-state index is 0.175. The van der Waals surface area contributed by atoms with Gasteiger partial charge >= 0.3 is 0 Å². The van der Waals surface area contributed by atoms with Crippen LogP contribution in [0.15, 0.2) is 59.5 Å². The van der Waals surface area contributed by atoms with Crippen molar-refractivity contribution in [3.8, 4) is 0 Å². The van der Waals surface area contributed by atoms with Crippen LogP contribution < -0.4 is 5.32 Å². The fourth-order valence-electron chi connectivity index (χ4n) is 2.88. The molecular weight excluding hydrogens is 398 g/mol. The lowest BCUT2D eigenvalue weighted by Gasteiger charge is -2.31. The summed E-state index contributed by atoms with van der Waals surface area (Å²) in [5.74, 6) is -0.353. The van der Waals surface area contributed by atoms with Crippen molar-refractivity contribution in [1.82, 2.24) is 9.21 Å². The number of hydrogen-bond acceptors (Lipinski definition) is 4. The Morgan fingerprint density at radius 3 is 2.50 bits per heavy atom. The van der Waals surface area contributed by atoms with Gasteiger partial charge in [0.25, 0.3) is 0 Å². The maximum absolute atomic E-state index is 12.8. The van der Waals surface area contributed by atoms with Gasteiger partial charge in [-0.25, -0.2) is 8.42 Å². The van der Waals surface area contributed by atoms with Crippen molar-refractivity contribution >= 4 is 39.3 Å². The van der Waals surface area contributed by atoms with Crippen molar-refractivity contribution < 1.29 is 13.2 Å². The Balaban J connectivity index is 1.70. The van der Waals surface area contributed by atoms with Crippen LogP contribution in [0.1, 0.15) is 5.56 Å². The van der Waals surface area contributed by atoms with Crippen LogP contribution in [0, 0.1) is 0 Å². The molecule has 0 spiro atoms. The van der Waals surface area contributed by atoms with Gasteiger partial charge < -0.3 is 10.2 Å². The van der Waals surface area contributed by atoms with Crippen molar-refractivity contribution in [1.29, 1.82) is 0 Å². The fourth-order valence-corrected chi connectivity index (χ4v) is 4.55. The molecule has 0 atom stereocenters. The molecule has 6 nitrogen and oxygen atoms in total. The van der Waals surface area contributed by atoms with Crippen LogP contribution >= 0.6 is 11.6 Å². The molecule has 0 saturated carbocycles. The number of carbonyl (C=O) groups excluding carboxylic acids is 1. The molecule has 0 aromatic heterocycles. The summed E-state index contributed by atoms with van der Waals surface area (Å²) >= 11 is 5.92. The number of amides is 1. The highest BCUT2D eigenvalue weighted by molar-refractivity contribution is 7.89. The van der Waals surface area contributed by atoms with E-state index in [4.69, 9.17) is 11.6 Å². The van der Waals surface area contributed by atoms with Crippen molar-refractivity contribution in [2.24, 2.45) is 0 Å². The molecule has 1 fully saturated rings. The third-order valence-electron chi connectivity index (χ3n) is 4.48. The van der Waals surface area contributed by atoms with Gasteiger partial charge in [0, 0.05) is 43.0 Å². The predicted molar refractivity (Wildman–Crippen MR) is 112 cm³/mol. The first-order valence-electron chi connectivity index (χ1n) is 8.88. The SMILES string of the molecule is CN1CCN(S(=O)(=O)c2cccc(NC(=O)C=Cc3cccc(Cl)c3)c2)CC1. The van der Waals surface area contributed by atoms with E-state index in [1.165, 1.54) is 16.4 Å². The minimum Gasteiger partial charge on any atom is -0.322 e. The van der Waals surface area contributed by atoms with Gasteiger partial charge in [0.05, 0.1) is 4.90 Å². The molecule has 0 unspecified atom stereocenters. The molecule has 1 aliphatic heterocycles. The number of sulfonamides is 1. The van der Waals surface area contributed by atoms with Crippen molar-refractivity contribution in [2.45, 2.75) is 4.90 Å². The molecule has 1 N–H and O–H groups in total. The first-order chi connectivity index (χ1) is 13.3. The monoisotopic (exact) mass is 419 g/mol. The normalized spacial score (nSPS) is 16.4. The van der Waals surface area contributed by atoms with Gasteiger partial charge in [-0.3, -0.25) is 4.79 Å². The molecule has 0 aliphatic carbocycles. The van der Waals surface area contributed by atoms with Crippen LogP contribution in [0.25, 0.3) is 6.08 Å². The molecule has 148 valence electrons. The lowest BCUT2D eigenvalue weighted by Crippen LogP contribution is -2.47. The van der Waals surface area contributed by atoms with Gasteiger partial charge in [-0.2, -0.15) is 4.31 Å². The van der Waals surface area contributed by atoms with Crippen LogP contribution in [-0.2, 0) is 14.8 Å². The van der Waals surface area contributed by atoms with Crippen molar-refractivity contribution in [3.63, 3.8) is 0 Å². The van der Waals surface area contributed by atoms with E-state index in [1.807, 2.05) is 13.1 Å². The molecule has 0 bridgehead atoms. The second kappa shape index (κ2) is 8.87. The molecule has 1 saturated heterocycles. The topological polar surface area (TPSA) is 69.7 Å². The average molecular weight is 420 g/mol. The van der Waals surface area contributed by atoms with Gasteiger partial charge in [0.2, 0.25) is 15.9 Å². The minimum atomic E-state index is -3.58. The Labute approximate surface area is 170 Å². The number of halogens is 1. The molecule has 1 aliphatic rings. The second-order valence-corrected chi connectivity index (χ2v) is 8.99. The number of benzene rings is 2. The Bertz CT molecular complexity index is 984. The number of hydrogen-bond donors (Lipinski definition) is 1. The fraction of sp³-hybridized carbons (Fsp3) is 0.250. The number of nitrogens with zero attached hydrogens (tertiary/aromatic N) is 2. The predicted octanol–water partition coefficient (Wildman–Crippen LogP) is 2.93. The number of anilines is 1. The van der Waals surface area contributed by atoms with Crippen LogP contribution in [0.4, 0.5) is 5.69 Å². The summed E-state index contributed by atoms with van der Waals surface area (Å²) in [7, 11) is -1.61. The zero-order valence-corrected chi connectivity index (χ0v) is 17.1. The van der Waals surface area contributed by atoms with E-state index >= 15 is 0 Å². The number of nitrogens with one attached hydrogen (secondary N) is 1. The molecule has 0 radical (unpaired) electrons. The van der Waals surface area contributed by atoms with Crippen molar-refractivity contribution in [2.75, 3.05) is 38.5 Å². The number of rotatable bonds is 5. The summed E-state index contributed by atoms with van der Waals surface area (Å²) in [4.78, 5) is 14.4. The molecule has 1 amide bonds. The molecule has 3 rings (SSSR count). The van der Waals surface area contributed by atoms with E-state index in [2.05, 4.69) is 10.2 Å². The van der Waals surface area contributed by atoms with E-state index in [1.54, 1.807) is 42.5 Å². The summed E-state index contributed by atoms with van der Waals surface area (Å²) in [6.45, 7) is 2.31. The summed E-state index contributed by atoms with van der Waals surface area (Å²) in [6, 6.07) is 13.4. The lowest BCUT2D eigenvalue weighted by molar-refractivity contribution is -0.111. The van der Waals surface area contributed by atoms with Crippen LogP contribution in [0.5, 0.6) is 0 Å². The van der Waals surface area contributed by atoms with E-state index in [0.717, 1.165) is 5.56 Å². The summed E-state index contributed by atoms with van der Waals surface area (Å²) in [5.41, 5.74) is 1.23. The highest BCUT2D eigenvalue weighted by atomic mass is 35.5. The van der Waals surface area contributed by atoms with Gasteiger partial charge in [-0.15, -0.1) is 0 Å². The molecule has 2 aromatic carbocycles. The zero-order chi connectivity index (χ0) is 20.1. The Morgan fingerprint density at radius 1 is 1.07 bits per heavy atom.